The molecule has 0 spiro atoms. The number of anilines is 1. The fourth-order valence-corrected chi connectivity index (χ4v) is 1.19. The van der Waals surface area contributed by atoms with Crippen LogP contribution in [0.15, 0.2) is 24.3 Å². The lowest BCUT2D eigenvalue weighted by Crippen LogP contribution is -1.80. The summed E-state index contributed by atoms with van der Waals surface area (Å²) in [4.78, 5) is 4.26. The van der Waals surface area contributed by atoms with E-state index < -0.39 is 0 Å². The van der Waals surface area contributed by atoms with E-state index in [4.69, 9.17) is 0 Å². The number of para-hydroxylation sites is 2. The molecule has 0 aliphatic carbocycles. The number of hydrogen-bond donors (Lipinski definition) is 1. The molecule has 1 aromatic heterocycles. The van der Waals surface area contributed by atoms with Crippen molar-refractivity contribution in [3.05, 3.63) is 24.3 Å². The van der Waals surface area contributed by atoms with Crippen molar-refractivity contribution < 1.29 is 0 Å². The summed E-state index contributed by atoms with van der Waals surface area (Å²) in [6.45, 7) is 0. The lowest BCUT2D eigenvalue weighted by atomic mass is 10.3. The Morgan fingerprint density at radius 3 is 3.10 bits per heavy atom. The normalized spacial score (nSPS) is 12.8. The van der Waals surface area contributed by atoms with E-state index in [2.05, 4.69) is 10.4 Å². The lowest BCUT2D eigenvalue weighted by molar-refractivity contribution is 1.31. The number of aromatic nitrogens is 2. The molecule has 2 aromatic rings. The zero-order chi connectivity index (χ0) is 6.55. The maximum Gasteiger partial charge on any atom is 0.243 e. The minimum Gasteiger partial charge on any atom is -0.258 e. The highest BCUT2D eigenvalue weighted by atomic mass is 15.6. The summed E-state index contributed by atoms with van der Waals surface area (Å²) in [5.41, 5.74) is 5.24. The summed E-state index contributed by atoms with van der Waals surface area (Å²) in [6.07, 6.45) is 0. The van der Waals surface area contributed by atoms with Crippen LogP contribution in [0, 0.1) is 0 Å². The monoisotopic (exact) mass is 131 g/mol. The average molecular weight is 131 g/mol. The van der Waals surface area contributed by atoms with Crippen molar-refractivity contribution in [2.45, 2.75) is 0 Å². The predicted molar refractivity (Wildman–Crippen MR) is 38.8 cm³/mol. The van der Waals surface area contributed by atoms with Gasteiger partial charge in [0.05, 0.1) is 11.0 Å². The third-order valence-corrected chi connectivity index (χ3v) is 1.72. The lowest BCUT2D eigenvalue weighted by Gasteiger charge is -1.86. The number of benzene rings is 1. The Balaban J connectivity index is 2.60. The van der Waals surface area contributed by atoms with Gasteiger partial charge in [-0.2, -0.15) is 0 Å². The van der Waals surface area contributed by atoms with E-state index in [1.807, 2.05) is 28.9 Å². The number of imidazole rings is 1. The van der Waals surface area contributed by atoms with E-state index in [1.54, 1.807) is 0 Å². The first-order chi connectivity index (χ1) is 4.95. The molecule has 0 atom stereocenters. The van der Waals surface area contributed by atoms with Gasteiger partial charge in [0.2, 0.25) is 5.95 Å². The molecule has 0 radical (unpaired) electrons. The van der Waals surface area contributed by atoms with E-state index in [1.165, 1.54) is 0 Å². The fourth-order valence-electron chi connectivity index (χ4n) is 1.19. The van der Waals surface area contributed by atoms with Crippen LogP contribution >= 0.6 is 0 Å². The van der Waals surface area contributed by atoms with Crippen LogP contribution in [-0.2, 0) is 0 Å². The second kappa shape index (κ2) is 1.16. The van der Waals surface area contributed by atoms with Crippen LogP contribution in [0.2, 0.25) is 0 Å². The fraction of sp³-hybridized carbons (Fsp3) is 0. The van der Waals surface area contributed by atoms with Crippen molar-refractivity contribution in [1.82, 2.24) is 9.66 Å². The van der Waals surface area contributed by atoms with E-state index in [0.717, 1.165) is 17.0 Å². The zero-order valence-electron chi connectivity index (χ0n) is 5.20. The van der Waals surface area contributed by atoms with Crippen LogP contribution in [-0.4, -0.2) is 9.66 Å². The summed E-state index contributed by atoms with van der Waals surface area (Å²) in [6, 6.07) is 8.06. The molecule has 0 fully saturated rings. The standard InChI is InChI=1S/C7H5N3/c1-2-4-6-5(3-1)8-7-9-10(6)7/h1-4H,(H,8,9). The van der Waals surface area contributed by atoms with Crippen LogP contribution in [0.3, 0.4) is 0 Å². The minimum atomic E-state index is 0.973. The van der Waals surface area contributed by atoms with Crippen molar-refractivity contribution >= 4 is 17.0 Å². The first-order valence-electron chi connectivity index (χ1n) is 3.20. The van der Waals surface area contributed by atoms with Crippen molar-refractivity contribution in [2.75, 3.05) is 5.43 Å². The molecule has 3 nitrogen and oxygen atoms in total. The molecular weight excluding hydrogens is 126 g/mol. The topological polar surface area (TPSA) is 39.8 Å². The summed E-state index contributed by atoms with van der Waals surface area (Å²) in [5.74, 6) is 0.973. The summed E-state index contributed by atoms with van der Waals surface area (Å²) in [7, 11) is 0. The quantitative estimate of drug-likeness (QED) is 0.466. The van der Waals surface area contributed by atoms with Crippen molar-refractivity contribution in [3.8, 4) is 0 Å². The Morgan fingerprint density at radius 2 is 2.20 bits per heavy atom. The van der Waals surface area contributed by atoms with Gasteiger partial charge in [0.15, 0.2) is 0 Å². The Kier molecular flexibility index (Phi) is 0.502. The highest BCUT2D eigenvalue weighted by molar-refractivity contribution is 5.83. The molecule has 2 heterocycles. The van der Waals surface area contributed by atoms with E-state index in [-0.39, 0.29) is 0 Å². The van der Waals surface area contributed by atoms with E-state index in [0.29, 0.717) is 0 Å². The van der Waals surface area contributed by atoms with Gasteiger partial charge in [0, 0.05) is 0 Å². The molecule has 3 heteroatoms. The molecule has 10 heavy (non-hydrogen) atoms. The molecule has 1 aliphatic rings. The predicted octanol–water partition coefficient (Wildman–Crippen LogP) is 1.22. The average Bonchev–Trinajstić information content (AvgIpc) is 2.64. The molecule has 48 valence electrons. The Bertz CT molecular complexity index is 402. The van der Waals surface area contributed by atoms with Gasteiger partial charge >= 0.3 is 0 Å². The molecule has 0 amide bonds. The van der Waals surface area contributed by atoms with Crippen LogP contribution in [0.1, 0.15) is 0 Å². The number of nitrogens with one attached hydrogen (secondary N) is 1. The number of hydrogen-bond acceptors (Lipinski definition) is 2. The minimum absolute atomic E-state index is 0.973. The molecule has 0 saturated heterocycles. The Labute approximate surface area is 57.3 Å². The number of fused-ring (bicyclic) bond motifs is 3. The van der Waals surface area contributed by atoms with Gasteiger partial charge < -0.3 is 0 Å². The highest BCUT2D eigenvalue weighted by Gasteiger charge is 2.20. The maximum absolute atomic E-state index is 4.26. The first kappa shape index (κ1) is 4.33. The molecular formula is C7H5N3. The van der Waals surface area contributed by atoms with Crippen molar-refractivity contribution in [1.29, 1.82) is 0 Å². The smallest absolute Gasteiger partial charge is 0.243 e. The van der Waals surface area contributed by atoms with Gasteiger partial charge in [-0.05, 0) is 12.1 Å². The zero-order valence-corrected chi connectivity index (χ0v) is 5.20. The molecule has 0 unspecified atom stereocenters. The third kappa shape index (κ3) is 0.355. The molecule has 1 N–H and O–H groups in total. The van der Waals surface area contributed by atoms with E-state index >= 15 is 0 Å². The van der Waals surface area contributed by atoms with Gasteiger partial charge in [0.25, 0.3) is 0 Å². The third-order valence-electron chi connectivity index (χ3n) is 1.72. The summed E-state index contributed by atoms with van der Waals surface area (Å²) >= 11 is 0. The number of nitrogens with zero attached hydrogens (tertiary/aromatic N) is 2. The van der Waals surface area contributed by atoms with E-state index in [9.17, 15) is 0 Å². The SMILES string of the molecule is c1ccc2c(c1)nc1n2N1. The summed E-state index contributed by atoms with van der Waals surface area (Å²) in [5, 5.41) is 0. The van der Waals surface area contributed by atoms with Gasteiger partial charge in [-0.15, -0.1) is 0 Å². The van der Waals surface area contributed by atoms with Gasteiger partial charge in [-0.25, -0.2) is 9.66 Å². The maximum atomic E-state index is 4.26. The first-order valence-corrected chi connectivity index (χ1v) is 3.20. The Hall–Kier alpha value is -1.51. The largest absolute Gasteiger partial charge is 0.258 e. The molecule has 0 bridgehead atoms. The van der Waals surface area contributed by atoms with Crippen LogP contribution in [0.4, 0.5) is 5.95 Å². The molecule has 1 aliphatic heterocycles. The Morgan fingerprint density at radius 1 is 1.30 bits per heavy atom. The second-order valence-electron chi connectivity index (χ2n) is 2.37. The molecule has 1 aromatic carbocycles. The van der Waals surface area contributed by atoms with Crippen LogP contribution < -0.4 is 5.43 Å². The van der Waals surface area contributed by atoms with Crippen molar-refractivity contribution in [3.63, 3.8) is 0 Å². The van der Waals surface area contributed by atoms with Crippen LogP contribution in [0.25, 0.3) is 11.0 Å². The van der Waals surface area contributed by atoms with Gasteiger partial charge in [0.1, 0.15) is 0 Å². The molecule has 0 saturated carbocycles. The van der Waals surface area contributed by atoms with Crippen LogP contribution in [0.5, 0.6) is 0 Å². The number of rotatable bonds is 0. The highest BCUT2D eigenvalue weighted by Crippen LogP contribution is 2.26. The summed E-state index contributed by atoms with van der Waals surface area (Å²) < 4.78 is 1.97. The van der Waals surface area contributed by atoms with Gasteiger partial charge in [-0.1, -0.05) is 12.1 Å². The molecule has 3 rings (SSSR count). The van der Waals surface area contributed by atoms with Gasteiger partial charge in [-0.3, -0.25) is 5.43 Å². The second-order valence-corrected chi connectivity index (χ2v) is 2.37. The van der Waals surface area contributed by atoms with Crippen molar-refractivity contribution in [2.24, 2.45) is 0 Å².